The highest BCUT2D eigenvalue weighted by atomic mass is 32.1. The fraction of sp³-hybridized carbons (Fsp3) is 0.348. The van der Waals surface area contributed by atoms with Gasteiger partial charge in [0.15, 0.2) is 5.11 Å². The van der Waals surface area contributed by atoms with Crippen molar-refractivity contribution in [3.8, 4) is 0 Å². The molecule has 0 spiro atoms. The molecule has 0 aromatic carbocycles. The lowest BCUT2D eigenvalue weighted by Crippen LogP contribution is -2.30. The highest BCUT2D eigenvalue weighted by Crippen LogP contribution is 2.40. The summed E-state index contributed by atoms with van der Waals surface area (Å²) in [5.74, 6) is 0. The van der Waals surface area contributed by atoms with Crippen LogP contribution in [0.2, 0.25) is 0 Å². The topological polar surface area (TPSA) is 46.0 Å². The van der Waals surface area contributed by atoms with Gasteiger partial charge in [-0.15, -0.1) is 0 Å². The van der Waals surface area contributed by atoms with Gasteiger partial charge >= 0.3 is 0 Å². The molecule has 0 saturated carbocycles. The summed E-state index contributed by atoms with van der Waals surface area (Å²) < 4.78 is 2.38. The minimum Gasteiger partial charge on any atom is -0.352 e. The molecular weight excluding hydrogens is 378 g/mol. The number of aryl methyl sites for hydroxylation is 1. The molecule has 1 saturated heterocycles. The van der Waals surface area contributed by atoms with Gasteiger partial charge in [0.2, 0.25) is 0 Å². The van der Waals surface area contributed by atoms with Crippen LogP contribution in [0.25, 0.3) is 0 Å². The van der Waals surface area contributed by atoms with Crippen molar-refractivity contribution >= 4 is 17.3 Å². The molecule has 0 bridgehead atoms. The summed E-state index contributed by atoms with van der Waals surface area (Å²) in [7, 11) is 0. The molecule has 1 aliphatic rings. The van der Waals surface area contributed by atoms with Crippen LogP contribution in [0, 0.1) is 13.8 Å². The summed E-state index contributed by atoms with van der Waals surface area (Å²) in [6, 6.07) is 12.7. The maximum atomic E-state index is 5.72. The number of pyridine rings is 2. The van der Waals surface area contributed by atoms with Crippen molar-refractivity contribution in [2.75, 3.05) is 6.54 Å². The molecule has 1 aliphatic heterocycles. The second-order valence-electron chi connectivity index (χ2n) is 7.59. The Kier molecular flexibility index (Phi) is 5.62. The van der Waals surface area contributed by atoms with Crippen LogP contribution in [0.15, 0.2) is 55.0 Å². The maximum Gasteiger partial charge on any atom is 0.170 e. The lowest BCUT2D eigenvalue weighted by Gasteiger charge is -2.27. The number of hydrogen-bond acceptors (Lipinski definition) is 3. The van der Waals surface area contributed by atoms with Gasteiger partial charge in [-0.3, -0.25) is 9.97 Å². The summed E-state index contributed by atoms with van der Waals surface area (Å²) in [4.78, 5) is 11.1. The molecule has 0 radical (unpaired) electrons. The Morgan fingerprint density at radius 1 is 1.10 bits per heavy atom. The molecule has 4 rings (SSSR count). The Bertz CT molecular complexity index is 983. The Labute approximate surface area is 177 Å². The van der Waals surface area contributed by atoms with Gasteiger partial charge < -0.3 is 14.8 Å². The van der Waals surface area contributed by atoms with Crippen LogP contribution in [-0.2, 0) is 6.54 Å². The van der Waals surface area contributed by atoms with Crippen molar-refractivity contribution in [1.29, 1.82) is 0 Å². The molecule has 0 amide bonds. The quantitative estimate of drug-likeness (QED) is 0.619. The van der Waals surface area contributed by atoms with E-state index in [0.717, 1.165) is 30.3 Å². The summed E-state index contributed by atoms with van der Waals surface area (Å²) >= 11 is 5.72. The number of nitrogens with one attached hydrogen (secondary N) is 1. The smallest absolute Gasteiger partial charge is 0.170 e. The Morgan fingerprint density at radius 2 is 1.90 bits per heavy atom. The third kappa shape index (κ3) is 3.77. The minimum atomic E-state index is 0.0464. The van der Waals surface area contributed by atoms with E-state index in [4.69, 9.17) is 12.2 Å². The Hall–Kier alpha value is -2.73. The van der Waals surface area contributed by atoms with Crippen LogP contribution in [-0.4, -0.2) is 31.1 Å². The molecule has 0 aliphatic carbocycles. The van der Waals surface area contributed by atoms with E-state index in [-0.39, 0.29) is 12.1 Å². The van der Waals surface area contributed by atoms with Gasteiger partial charge in [0.25, 0.3) is 0 Å². The molecule has 2 atom stereocenters. The number of aromatic nitrogens is 3. The van der Waals surface area contributed by atoms with Gasteiger partial charge in [-0.1, -0.05) is 13.0 Å². The first-order chi connectivity index (χ1) is 14.1. The van der Waals surface area contributed by atoms with Crippen molar-refractivity contribution in [3.05, 3.63) is 83.2 Å². The van der Waals surface area contributed by atoms with E-state index in [1.54, 1.807) is 0 Å². The maximum absolute atomic E-state index is 5.72. The predicted octanol–water partition coefficient (Wildman–Crippen LogP) is 4.33. The van der Waals surface area contributed by atoms with Crippen molar-refractivity contribution < 1.29 is 0 Å². The molecule has 0 unspecified atom stereocenters. The van der Waals surface area contributed by atoms with E-state index in [1.165, 1.54) is 22.5 Å². The van der Waals surface area contributed by atoms with E-state index in [0.29, 0.717) is 0 Å². The molecule has 4 heterocycles. The molecule has 29 heavy (non-hydrogen) atoms. The first kappa shape index (κ1) is 19.6. The van der Waals surface area contributed by atoms with Crippen LogP contribution in [0.5, 0.6) is 0 Å². The van der Waals surface area contributed by atoms with Gasteiger partial charge in [-0.2, -0.15) is 0 Å². The fourth-order valence-electron chi connectivity index (χ4n) is 4.27. The van der Waals surface area contributed by atoms with Crippen molar-refractivity contribution in [1.82, 2.24) is 24.8 Å². The Morgan fingerprint density at radius 3 is 2.59 bits per heavy atom. The number of thiocarbonyl (C=S) groups is 1. The zero-order valence-corrected chi connectivity index (χ0v) is 18.0. The average Bonchev–Trinajstić information content (AvgIpc) is 3.21. The van der Waals surface area contributed by atoms with Gasteiger partial charge in [-0.05, 0) is 73.9 Å². The molecular formula is C23H27N5S. The zero-order chi connectivity index (χ0) is 20.4. The van der Waals surface area contributed by atoms with E-state index in [1.807, 2.05) is 30.7 Å². The van der Waals surface area contributed by atoms with Crippen LogP contribution in [0.4, 0.5) is 0 Å². The van der Waals surface area contributed by atoms with Crippen molar-refractivity contribution in [3.63, 3.8) is 0 Å². The van der Waals surface area contributed by atoms with Crippen LogP contribution >= 0.6 is 12.2 Å². The van der Waals surface area contributed by atoms with Gasteiger partial charge in [-0.25, -0.2) is 0 Å². The summed E-state index contributed by atoms with van der Waals surface area (Å²) in [6.07, 6.45) is 6.60. The normalized spacial score (nSPS) is 18.9. The lowest BCUT2D eigenvalue weighted by atomic mass is 9.96. The minimum absolute atomic E-state index is 0.0464. The third-order valence-corrected chi connectivity index (χ3v) is 6.04. The molecule has 1 N–H and O–H groups in total. The SMILES string of the molecule is CCCN1C(=S)N[C@@H](c2ccccn2)[C@@H]1c1cc(C)n(Cc2ccncc2)c1C. The number of nitrogens with zero attached hydrogens (tertiary/aromatic N) is 4. The monoisotopic (exact) mass is 405 g/mol. The van der Waals surface area contributed by atoms with Crippen LogP contribution < -0.4 is 5.32 Å². The number of rotatable bonds is 6. The van der Waals surface area contributed by atoms with Crippen LogP contribution in [0.3, 0.4) is 0 Å². The van der Waals surface area contributed by atoms with Gasteiger partial charge in [0, 0.05) is 43.1 Å². The highest BCUT2D eigenvalue weighted by molar-refractivity contribution is 7.80. The molecule has 3 aromatic rings. The van der Waals surface area contributed by atoms with E-state index < -0.39 is 0 Å². The first-order valence-electron chi connectivity index (χ1n) is 10.1. The lowest BCUT2D eigenvalue weighted by molar-refractivity contribution is 0.316. The Balaban J connectivity index is 1.75. The van der Waals surface area contributed by atoms with E-state index in [2.05, 4.69) is 69.8 Å². The second-order valence-corrected chi connectivity index (χ2v) is 7.97. The van der Waals surface area contributed by atoms with Crippen LogP contribution in [0.1, 0.15) is 53.6 Å². The third-order valence-electron chi connectivity index (χ3n) is 5.68. The molecule has 3 aromatic heterocycles. The van der Waals surface area contributed by atoms with E-state index in [9.17, 15) is 0 Å². The summed E-state index contributed by atoms with van der Waals surface area (Å²) in [6.45, 7) is 8.35. The fourth-order valence-corrected chi connectivity index (χ4v) is 4.60. The van der Waals surface area contributed by atoms with Crippen molar-refractivity contribution in [2.24, 2.45) is 0 Å². The largest absolute Gasteiger partial charge is 0.352 e. The molecule has 6 heteroatoms. The van der Waals surface area contributed by atoms with Crippen molar-refractivity contribution in [2.45, 2.75) is 45.8 Å². The van der Waals surface area contributed by atoms with E-state index >= 15 is 0 Å². The predicted molar refractivity (Wildman–Crippen MR) is 120 cm³/mol. The number of hydrogen-bond donors (Lipinski definition) is 1. The average molecular weight is 406 g/mol. The van der Waals surface area contributed by atoms with Gasteiger partial charge in [0.05, 0.1) is 17.8 Å². The molecule has 5 nitrogen and oxygen atoms in total. The summed E-state index contributed by atoms with van der Waals surface area (Å²) in [5, 5.41) is 4.35. The molecule has 1 fully saturated rings. The first-order valence-corrected chi connectivity index (χ1v) is 10.5. The highest BCUT2D eigenvalue weighted by Gasteiger charge is 2.40. The molecule has 150 valence electrons. The zero-order valence-electron chi connectivity index (χ0n) is 17.2. The standard InChI is InChI=1S/C23H27N5S/c1-4-13-27-22(21(26-23(27)29)20-7-5-6-10-25-20)19-14-16(2)28(17(19)3)15-18-8-11-24-12-9-18/h5-12,14,21-22H,4,13,15H2,1-3H3,(H,26,29)/t21-,22-/m0/s1. The second kappa shape index (κ2) is 8.33. The van der Waals surface area contributed by atoms with Gasteiger partial charge in [0.1, 0.15) is 0 Å². The summed E-state index contributed by atoms with van der Waals surface area (Å²) in [5.41, 5.74) is 6.12.